The van der Waals surface area contributed by atoms with E-state index in [1.54, 1.807) is 11.8 Å². The van der Waals surface area contributed by atoms with E-state index < -0.39 is 0 Å². The Balaban J connectivity index is 1.71. The van der Waals surface area contributed by atoms with Crippen LogP contribution in [0, 0.1) is 11.3 Å². The van der Waals surface area contributed by atoms with Crippen molar-refractivity contribution in [3.63, 3.8) is 0 Å². The summed E-state index contributed by atoms with van der Waals surface area (Å²) in [5.41, 5.74) is 4.26. The van der Waals surface area contributed by atoms with Crippen molar-refractivity contribution in [2.24, 2.45) is 11.3 Å². The predicted octanol–water partition coefficient (Wildman–Crippen LogP) is 6.99. The number of nitrogens with one attached hydrogen (secondary N) is 1. The summed E-state index contributed by atoms with van der Waals surface area (Å²) in [5, 5.41) is 2.97. The van der Waals surface area contributed by atoms with E-state index in [4.69, 9.17) is 0 Å². The Labute approximate surface area is 197 Å². The molecule has 0 aromatic heterocycles. The maximum atomic E-state index is 12.8. The average molecular weight is 453 g/mol. The van der Waals surface area contributed by atoms with Crippen molar-refractivity contribution < 1.29 is 9.59 Å². The summed E-state index contributed by atoms with van der Waals surface area (Å²) >= 11 is 1.65. The summed E-state index contributed by atoms with van der Waals surface area (Å²) in [6.07, 6.45) is 1.53. The van der Waals surface area contributed by atoms with Crippen LogP contribution in [0.5, 0.6) is 0 Å². The van der Waals surface area contributed by atoms with E-state index in [0.717, 1.165) is 23.4 Å². The van der Waals surface area contributed by atoms with Gasteiger partial charge in [-0.1, -0.05) is 71.9 Å². The quantitative estimate of drug-likeness (QED) is 0.492. The molecule has 0 spiro atoms. The van der Waals surface area contributed by atoms with Gasteiger partial charge in [0.15, 0.2) is 0 Å². The summed E-state index contributed by atoms with van der Waals surface area (Å²) in [4.78, 5) is 27.2. The second-order valence-electron chi connectivity index (χ2n) is 10.4. The van der Waals surface area contributed by atoms with E-state index in [1.807, 2.05) is 47.4 Å². The van der Waals surface area contributed by atoms with Crippen LogP contribution in [0.15, 0.2) is 48.5 Å². The van der Waals surface area contributed by atoms with E-state index >= 15 is 0 Å². The number of hydrogen-bond donors (Lipinski definition) is 1. The Morgan fingerprint density at radius 2 is 1.75 bits per heavy atom. The van der Waals surface area contributed by atoms with Gasteiger partial charge in [-0.05, 0) is 53.0 Å². The van der Waals surface area contributed by atoms with Crippen molar-refractivity contribution >= 4 is 35.0 Å². The largest absolute Gasteiger partial charge is 0.326 e. The molecule has 1 fully saturated rings. The third kappa shape index (κ3) is 6.16. The molecule has 1 saturated heterocycles. The first-order valence-electron chi connectivity index (χ1n) is 11.5. The first-order valence-corrected chi connectivity index (χ1v) is 12.5. The zero-order valence-corrected chi connectivity index (χ0v) is 21.0. The highest BCUT2D eigenvalue weighted by molar-refractivity contribution is 8.00. The third-order valence-electron chi connectivity index (χ3n) is 5.66. The monoisotopic (exact) mass is 452 g/mol. The Kier molecular flexibility index (Phi) is 7.71. The van der Waals surface area contributed by atoms with Gasteiger partial charge in [-0.2, -0.15) is 0 Å². The molecule has 0 radical (unpaired) electrons. The number of para-hydroxylation sites is 1. The molecule has 172 valence electrons. The number of nitrogens with zero attached hydrogens (tertiary/aromatic N) is 1. The van der Waals surface area contributed by atoms with Gasteiger partial charge in [0, 0.05) is 17.8 Å². The molecule has 0 unspecified atom stereocenters. The van der Waals surface area contributed by atoms with Gasteiger partial charge in [-0.15, -0.1) is 11.8 Å². The van der Waals surface area contributed by atoms with Gasteiger partial charge < -0.3 is 5.32 Å². The van der Waals surface area contributed by atoms with Gasteiger partial charge in [-0.25, -0.2) is 0 Å². The lowest BCUT2D eigenvalue weighted by molar-refractivity contribution is -0.117. The smallest absolute Gasteiger partial charge is 0.238 e. The molecule has 0 bridgehead atoms. The van der Waals surface area contributed by atoms with Crippen molar-refractivity contribution in [1.82, 2.24) is 0 Å². The molecule has 32 heavy (non-hydrogen) atoms. The maximum absolute atomic E-state index is 12.8. The SMILES string of the molecule is CC(C)c1ccccc1N1C(=O)CS[C@@H]1c1ccc(NC(=O)C[C@H](C)CC(C)(C)C)cc1. The first kappa shape index (κ1) is 24.4. The van der Waals surface area contributed by atoms with Crippen LogP contribution in [0.1, 0.15) is 76.8 Å². The fourth-order valence-corrected chi connectivity index (χ4v) is 5.67. The normalized spacial score (nSPS) is 17.7. The van der Waals surface area contributed by atoms with E-state index in [1.165, 1.54) is 5.56 Å². The van der Waals surface area contributed by atoms with E-state index in [-0.39, 0.29) is 22.6 Å². The lowest BCUT2D eigenvalue weighted by Gasteiger charge is -2.27. The molecule has 3 rings (SSSR count). The number of thioether (sulfide) groups is 1. The second-order valence-corrected chi connectivity index (χ2v) is 11.5. The van der Waals surface area contributed by atoms with E-state index in [9.17, 15) is 9.59 Å². The molecule has 0 aliphatic carbocycles. The molecule has 5 heteroatoms. The summed E-state index contributed by atoms with van der Waals surface area (Å²) in [6.45, 7) is 13.0. The fourth-order valence-electron chi connectivity index (χ4n) is 4.50. The zero-order valence-electron chi connectivity index (χ0n) is 20.1. The topological polar surface area (TPSA) is 49.4 Å². The van der Waals surface area contributed by atoms with Crippen LogP contribution in [0.3, 0.4) is 0 Å². The molecule has 1 heterocycles. The van der Waals surface area contributed by atoms with Crippen LogP contribution in [-0.4, -0.2) is 17.6 Å². The number of anilines is 2. The molecule has 4 nitrogen and oxygen atoms in total. The standard InChI is InChI=1S/C27H36N2O2S/c1-18(2)22-9-7-8-10-23(22)29-25(31)17-32-26(29)20-11-13-21(14-12-20)28-24(30)15-19(3)16-27(4,5)6/h7-14,18-19,26H,15-17H2,1-6H3,(H,28,30)/t19-,26+/m0/s1. The molecule has 1 aliphatic rings. The highest BCUT2D eigenvalue weighted by Crippen LogP contribution is 2.44. The molecule has 1 N–H and O–H groups in total. The number of hydrogen-bond acceptors (Lipinski definition) is 3. The lowest BCUT2D eigenvalue weighted by Crippen LogP contribution is -2.29. The van der Waals surface area contributed by atoms with E-state index in [2.05, 4.69) is 52.9 Å². The average Bonchev–Trinajstić information content (AvgIpc) is 3.08. The van der Waals surface area contributed by atoms with Crippen LogP contribution in [0.4, 0.5) is 11.4 Å². The zero-order chi connectivity index (χ0) is 23.5. The molecule has 2 atom stereocenters. The first-order chi connectivity index (χ1) is 15.0. The Morgan fingerprint density at radius 3 is 2.38 bits per heavy atom. The molecule has 1 aliphatic heterocycles. The van der Waals surface area contributed by atoms with Crippen molar-refractivity contribution in [3.05, 3.63) is 59.7 Å². The Bertz CT molecular complexity index is 947. The van der Waals surface area contributed by atoms with Gasteiger partial charge in [0.25, 0.3) is 0 Å². The number of carbonyl (C=O) groups excluding carboxylic acids is 2. The maximum Gasteiger partial charge on any atom is 0.238 e. The highest BCUT2D eigenvalue weighted by atomic mass is 32.2. The van der Waals surface area contributed by atoms with Crippen molar-refractivity contribution in [2.75, 3.05) is 16.0 Å². The Hall–Kier alpha value is -2.27. The van der Waals surface area contributed by atoms with Crippen LogP contribution < -0.4 is 10.2 Å². The molecular weight excluding hydrogens is 416 g/mol. The van der Waals surface area contributed by atoms with Gasteiger partial charge in [0.2, 0.25) is 11.8 Å². The highest BCUT2D eigenvalue weighted by Gasteiger charge is 2.35. The van der Waals surface area contributed by atoms with Crippen LogP contribution in [0.2, 0.25) is 0 Å². The Morgan fingerprint density at radius 1 is 1.09 bits per heavy atom. The second kappa shape index (κ2) is 10.1. The summed E-state index contributed by atoms with van der Waals surface area (Å²) < 4.78 is 0. The van der Waals surface area contributed by atoms with Crippen molar-refractivity contribution in [1.29, 1.82) is 0 Å². The van der Waals surface area contributed by atoms with Gasteiger partial charge in [-0.3, -0.25) is 14.5 Å². The number of carbonyl (C=O) groups is 2. The van der Waals surface area contributed by atoms with Gasteiger partial charge >= 0.3 is 0 Å². The number of amides is 2. The minimum Gasteiger partial charge on any atom is -0.326 e. The molecule has 2 amide bonds. The minimum atomic E-state index is -0.0565. The van der Waals surface area contributed by atoms with E-state index in [0.29, 0.717) is 24.0 Å². The predicted molar refractivity (Wildman–Crippen MR) is 136 cm³/mol. The number of benzene rings is 2. The van der Waals surface area contributed by atoms with Gasteiger partial charge in [0.05, 0.1) is 5.75 Å². The molecule has 2 aromatic rings. The van der Waals surface area contributed by atoms with Crippen molar-refractivity contribution in [3.8, 4) is 0 Å². The lowest BCUT2D eigenvalue weighted by atomic mass is 9.84. The number of rotatable bonds is 7. The molecule has 0 saturated carbocycles. The minimum absolute atomic E-state index is 0.0485. The third-order valence-corrected chi connectivity index (χ3v) is 6.87. The summed E-state index contributed by atoms with van der Waals surface area (Å²) in [6, 6.07) is 16.1. The molecular formula is C27H36N2O2S. The van der Waals surface area contributed by atoms with Crippen LogP contribution >= 0.6 is 11.8 Å². The summed E-state index contributed by atoms with van der Waals surface area (Å²) in [7, 11) is 0. The van der Waals surface area contributed by atoms with Crippen LogP contribution in [0.25, 0.3) is 0 Å². The fraction of sp³-hybridized carbons (Fsp3) is 0.481. The van der Waals surface area contributed by atoms with Crippen molar-refractivity contribution in [2.45, 2.75) is 65.7 Å². The summed E-state index contributed by atoms with van der Waals surface area (Å²) in [5.74, 6) is 1.33. The molecule has 2 aromatic carbocycles. The van der Waals surface area contributed by atoms with Crippen LogP contribution in [-0.2, 0) is 9.59 Å². The van der Waals surface area contributed by atoms with Gasteiger partial charge in [0.1, 0.15) is 5.37 Å².